The van der Waals surface area contributed by atoms with Crippen LogP contribution in [0.4, 0.5) is 0 Å². The van der Waals surface area contributed by atoms with Crippen LogP contribution in [-0.2, 0) is 28.5 Å². The molecule has 0 bridgehead atoms. The van der Waals surface area contributed by atoms with E-state index in [1.807, 2.05) is 4.93 Å². The van der Waals surface area contributed by atoms with Crippen LogP contribution >= 0.6 is 22.6 Å². The highest BCUT2D eigenvalue weighted by atomic mass is 127. The summed E-state index contributed by atoms with van der Waals surface area (Å²) in [4.78, 5) is 27.7. The molecule has 0 spiro atoms. The third kappa shape index (κ3) is 6.07. The normalized spacial score (nSPS) is 54.2. The third-order valence-corrected chi connectivity index (χ3v) is 18.6. The van der Waals surface area contributed by atoms with Crippen molar-refractivity contribution in [2.24, 2.45) is 74.9 Å². The first-order valence-electron chi connectivity index (χ1n) is 22.1. The first kappa shape index (κ1) is 42.0. The van der Waals surface area contributed by atoms with Gasteiger partial charge in [-0.05, 0) is 155 Å². The van der Waals surface area contributed by atoms with Gasteiger partial charge >= 0.3 is 0 Å². The van der Waals surface area contributed by atoms with Gasteiger partial charge in [0.2, 0.25) is 0 Å². The maximum atomic E-state index is 13.0. The Kier molecular flexibility index (Phi) is 11.1. The zero-order valence-corrected chi connectivity index (χ0v) is 37.1. The summed E-state index contributed by atoms with van der Waals surface area (Å²) in [5, 5.41) is 0. The molecule has 8 aliphatic carbocycles. The molecule has 8 saturated carbocycles. The molecule has 17 atom stereocenters. The van der Waals surface area contributed by atoms with Crippen molar-refractivity contribution < 1.29 is 28.5 Å². The van der Waals surface area contributed by atoms with Crippen LogP contribution in [0.5, 0.6) is 0 Å². The highest BCUT2D eigenvalue weighted by Gasteiger charge is 2.70. The van der Waals surface area contributed by atoms with E-state index in [1.54, 1.807) is 0 Å². The summed E-state index contributed by atoms with van der Waals surface area (Å²) >= 11 is 2.15. The number of fused-ring (bicyclic) bond motifs is 16. The van der Waals surface area contributed by atoms with Gasteiger partial charge < -0.3 is 18.9 Å². The SMILES string of the molecule is C.CC1(C)O[C@@H]2C3C(CC[C@]4(C)C(=O)CCC34)[C@@]3(C)CCCCC3[C@H]2O1.CC1CC2C3C(CC[C@]2(C)C1=O)[C@@]1(C)CCCCC1[C@H]1OC(C)(C)O[C@H]31.CI. The van der Waals surface area contributed by atoms with E-state index in [4.69, 9.17) is 18.9 Å². The number of ketones is 2. The molecule has 2 heterocycles. The molecule has 7 heteroatoms. The standard InChI is InChI=1S/C23H36O3.C22H34O3.CH3I.CH4/c1-13-12-16-17-14(9-11-23(16,5)20(13)24)22(4)10-7-6-8-15(22)18-19(17)26-21(2,3)25-18;1-20(2)24-18-15-7-5-6-11-21(15,3)14-10-12-22(4)13(8-9-16(22)23)17(14)19(18)25-20;1-2;/h13-19H,6-12H2,1-5H3;13-15,17-19H,5-12H2,1-4H3;1H3;1H4/t13?,14?,15?,16?,17?,18-,19-,22-,23+;13?,14?,15?,17?,18-,19-,21-,22+;;/m11../s1. The fourth-order valence-corrected chi connectivity index (χ4v) is 16.4. The Bertz CT molecular complexity index is 1440. The van der Waals surface area contributed by atoms with Crippen molar-refractivity contribution in [1.82, 2.24) is 0 Å². The lowest BCUT2D eigenvalue weighted by Crippen LogP contribution is -2.62. The maximum Gasteiger partial charge on any atom is 0.163 e. The zero-order valence-electron chi connectivity index (χ0n) is 34.9. The molecule has 0 aromatic rings. The van der Waals surface area contributed by atoms with Gasteiger partial charge in [0, 0.05) is 23.2 Å². The number of Topliss-reactive ketones (excluding diaryl/α,β-unsaturated/α-hetero) is 2. The second-order valence-electron chi connectivity index (χ2n) is 21.8. The van der Waals surface area contributed by atoms with Crippen molar-refractivity contribution in [3.63, 3.8) is 0 Å². The van der Waals surface area contributed by atoms with Crippen LogP contribution in [0.25, 0.3) is 0 Å². The molecule has 10 fully saturated rings. The molecular formula is C47H77IO6. The van der Waals surface area contributed by atoms with Crippen molar-refractivity contribution in [2.45, 2.75) is 202 Å². The second-order valence-corrected chi connectivity index (χ2v) is 21.8. The van der Waals surface area contributed by atoms with Gasteiger partial charge in [-0.2, -0.15) is 0 Å². The Hall–Kier alpha value is -0.0900. The molecule has 10 aliphatic rings. The van der Waals surface area contributed by atoms with E-state index < -0.39 is 11.6 Å². The number of hydrogen-bond donors (Lipinski definition) is 0. The van der Waals surface area contributed by atoms with E-state index in [9.17, 15) is 9.59 Å². The van der Waals surface area contributed by atoms with E-state index in [0.29, 0.717) is 69.7 Å². The number of ether oxygens (including phenoxy) is 4. The van der Waals surface area contributed by atoms with Gasteiger partial charge in [-0.15, -0.1) is 0 Å². The Morgan fingerprint density at radius 2 is 0.963 bits per heavy atom. The molecule has 2 aliphatic heterocycles. The van der Waals surface area contributed by atoms with Gasteiger partial charge in [0.05, 0.1) is 24.4 Å². The van der Waals surface area contributed by atoms with Crippen molar-refractivity contribution in [3.8, 4) is 0 Å². The van der Waals surface area contributed by atoms with Crippen LogP contribution in [0, 0.1) is 74.9 Å². The topological polar surface area (TPSA) is 71.1 Å². The van der Waals surface area contributed by atoms with Gasteiger partial charge in [-0.3, -0.25) is 9.59 Å². The lowest BCUT2D eigenvalue weighted by Gasteiger charge is -2.62. The molecule has 6 nitrogen and oxygen atoms in total. The predicted octanol–water partition coefficient (Wildman–Crippen LogP) is 11.4. The Morgan fingerprint density at radius 3 is 1.46 bits per heavy atom. The third-order valence-electron chi connectivity index (χ3n) is 18.6. The van der Waals surface area contributed by atoms with E-state index in [1.165, 1.54) is 64.2 Å². The van der Waals surface area contributed by atoms with E-state index in [0.717, 1.165) is 32.1 Å². The summed E-state index contributed by atoms with van der Waals surface area (Å²) in [6.07, 6.45) is 19.0. The minimum absolute atomic E-state index is 0. The van der Waals surface area contributed by atoms with Gasteiger partial charge in [0.1, 0.15) is 11.6 Å². The molecule has 2 saturated heterocycles. The van der Waals surface area contributed by atoms with Gasteiger partial charge in [-0.1, -0.05) is 90.3 Å². The molecular weight excluding hydrogens is 787 g/mol. The molecule has 0 radical (unpaired) electrons. The van der Waals surface area contributed by atoms with Crippen molar-refractivity contribution in [2.75, 3.05) is 4.93 Å². The van der Waals surface area contributed by atoms with Crippen molar-refractivity contribution in [3.05, 3.63) is 0 Å². The molecule has 10 rings (SSSR count). The minimum Gasteiger partial charge on any atom is -0.344 e. The summed E-state index contributed by atoms with van der Waals surface area (Å²) in [6.45, 7) is 20.1. The average molecular weight is 865 g/mol. The first-order chi connectivity index (χ1) is 24.9. The molecule has 0 aromatic heterocycles. The lowest BCUT2D eigenvalue weighted by molar-refractivity contribution is -0.177. The number of carbonyl (C=O) groups excluding carboxylic acids is 2. The Morgan fingerprint density at radius 1 is 0.519 bits per heavy atom. The summed E-state index contributed by atoms with van der Waals surface area (Å²) in [6, 6.07) is 0. The predicted molar refractivity (Wildman–Crippen MR) is 223 cm³/mol. The summed E-state index contributed by atoms with van der Waals surface area (Å²) < 4.78 is 26.3. The summed E-state index contributed by atoms with van der Waals surface area (Å²) in [5.74, 6) is 4.95. The minimum atomic E-state index is -0.481. The zero-order chi connectivity index (χ0) is 38.1. The number of carbonyl (C=O) groups is 2. The van der Waals surface area contributed by atoms with Crippen LogP contribution in [-0.4, -0.2) is 52.5 Å². The summed E-state index contributed by atoms with van der Waals surface area (Å²) in [7, 11) is 0. The van der Waals surface area contributed by atoms with Crippen LogP contribution in [0.15, 0.2) is 0 Å². The highest BCUT2D eigenvalue weighted by molar-refractivity contribution is 14.1. The van der Waals surface area contributed by atoms with E-state index in [2.05, 4.69) is 84.9 Å². The number of alkyl halides is 1. The van der Waals surface area contributed by atoms with E-state index >= 15 is 0 Å². The molecule has 9 unspecified atom stereocenters. The maximum absolute atomic E-state index is 13.0. The van der Waals surface area contributed by atoms with Crippen LogP contribution in [0.1, 0.15) is 166 Å². The van der Waals surface area contributed by atoms with Crippen molar-refractivity contribution in [1.29, 1.82) is 0 Å². The number of rotatable bonds is 0. The van der Waals surface area contributed by atoms with Crippen molar-refractivity contribution >= 4 is 34.2 Å². The fourth-order valence-electron chi connectivity index (χ4n) is 16.4. The van der Waals surface area contributed by atoms with Crippen LogP contribution in [0.2, 0.25) is 0 Å². The smallest absolute Gasteiger partial charge is 0.163 e. The molecule has 0 amide bonds. The van der Waals surface area contributed by atoms with Crippen LogP contribution < -0.4 is 0 Å². The molecule has 54 heavy (non-hydrogen) atoms. The number of hydrogen-bond acceptors (Lipinski definition) is 6. The highest BCUT2D eigenvalue weighted by Crippen LogP contribution is 2.70. The van der Waals surface area contributed by atoms with Gasteiger partial charge in [-0.25, -0.2) is 0 Å². The second kappa shape index (κ2) is 14.3. The fraction of sp³-hybridized carbons (Fsp3) is 0.957. The first-order valence-corrected chi connectivity index (χ1v) is 24.3. The lowest BCUT2D eigenvalue weighted by atomic mass is 9.44. The molecule has 0 aromatic carbocycles. The van der Waals surface area contributed by atoms with Gasteiger partial charge in [0.25, 0.3) is 0 Å². The Labute approximate surface area is 343 Å². The van der Waals surface area contributed by atoms with Gasteiger partial charge in [0.15, 0.2) is 11.6 Å². The Balaban J connectivity index is 0.000000157. The quantitative estimate of drug-likeness (QED) is 0.178. The monoisotopic (exact) mass is 864 g/mol. The summed E-state index contributed by atoms with van der Waals surface area (Å²) in [5.41, 5.74) is 0.518. The largest absolute Gasteiger partial charge is 0.344 e. The number of halogens is 1. The molecule has 308 valence electrons. The molecule has 0 N–H and O–H groups in total. The van der Waals surface area contributed by atoms with E-state index in [-0.39, 0.29) is 48.6 Å². The van der Waals surface area contributed by atoms with Crippen LogP contribution in [0.3, 0.4) is 0 Å². The average Bonchev–Trinajstić information content (AvgIpc) is 3.79.